The first-order valence-corrected chi connectivity index (χ1v) is 8.85. The molecule has 0 radical (unpaired) electrons. The van der Waals surface area contributed by atoms with Crippen LogP contribution in [-0.2, 0) is 11.2 Å². The summed E-state index contributed by atoms with van der Waals surface area (Å²) in [6.45, 7) is 0. The van der Waals surface area contributed by atoms with E-state index in [0.717, 1.165) is 55.5 Å². The van der Waals surface area contributed by atoms with Crippen molar-refractivity contribution in [2.45, 2.75) is 38.5 Å². The number of hydrogen-bond acceptors (Lipinski definition) is 3. The van der Waals surface area contributed by atoms with E-state index >= 15 is 0 Å². The van der Waals surface area contributed by atoms with E-state index in [9.17, 15) is 4.79 Å². The molecule has 0 bridgehead atoms. The van der Waals surface area contributed by atoms with Gasteiger partial charge in [-0.2, -0.15) is 0 Å². The molecular weight excluding hydrogens is 310 g/mol. The van der Waals surface area contributed by atoms with Gasteiger partial charge in [-0.3, -0.25) is 4.98 Å². The zero-order valence-electron chi connectivity index (χ0n) is 14.3. The summed E-state index contributed by atoms with van der Waals surface area (Å²) in [5.41, 5.74) is 4.54. The zero-order valence-corrected chi connectivity index (χ0v) is 14.3. The number of aromatic nitrogens is 3. The fourth-order valence-electron chi connectivity index (χ4n) is 2.90. The van der Waals surface area contributed by atoms with Gasteiger partial charge in [0.05, 0.1) is 11.9 Å². The molecule has 0 unspecified atom stereocenters. The second kappa shape index (κ2) is 8.92. The highest BCUT2D eigenvalue weighted by molar-refractivity contribution is 5.68. The van der Waals surface area contributed by atoms with Crippen molar-refractivity contribution < 1.29 is 4.79 Å². The van der Waals surface area contributed by atoms with Gasteiger partial charge in [0.1, 0.15) is 12.1 Å². The molecule has 0 aliphatic rings. The third kappa shape index (κ3) is 4.86. The predicted octanol–water partition coefficient (Wildman–Crippen LogP) is 4.83. The van der Waals surface area contributed by atoms with E-state index in [4.69, 9.17) is 0 Å². The molecule has 4 nitrogen and oxygen atoms in total. The number of aromatic amines is 1. The largest absolute Gasteiger partial charge is 0.342 e. The number of unbranched alkanes of at least 4 members (excludes halogenated alkanes) is 4. The molecule has 0 saturated heterocycles. The van der Waals surface area contributed by atoms with Gasteiger partial charge in [0.2, 0.25) is 0 Å². The van der Waals surface area contributed by atoms with Gasteiger partial charge in [-0.1, -0.05) is 37.1 Å². The van der Waals surface area contributed by atoms with E-state index in [1.165, 1.54) is 11.1 Å². The van der Waals surface area contributed by atoms with E-state index in [-0.39, 0.29) is 0 Å². The molecule has 0 saturated carbocycles. The van der Waals surface area contributed by atoms with Gasteiger partial charge in [-0.15, -0.1) is 0 Å². The maximum atomic E-state index is 10.3. The van der Waals surface area contributed by atoms with Crippen molar-refractivity contribution in [3.05, 3.63) is 60.8 Å². The first-order chi connectivity index (χ1) is 12.4. The number of hydrogen-bond donors (Lipinski definition) is 1. The van der Waals surface area contributed by atoms with Crippen molar-refractivity contribution >= 4 is 6.29 Å². The Labute approximate surface area is 148 Å². The minimum atomic E-state index is 0.681. The number of carbonyl (C=O) groups excluding carboxylic acids is 1. The SMILES string of the molecule is O=CCCCCCCc1ncc(-c2ccc(-c3ccncc3)cc2)[nH]1. The second-order valence-electron chi connectivity index (χ2n) is 6.18. The molecule has 3 aromatic rings. The summed E-state index contributed by atoms with van der Waals surface area (Å²) in [5.74, 6) is 1.03. The van der Waals surface area contributed by atoms with Gasteiger partial charge >= 0.3 is 0 Å². The number of imidazole rings is 1. The Kier molecular flexibility index (Phi) is 6.10. The van der Waals surface area contributed by atoms with Gasteiger partial charge in [-0.05, 0) is 41.7 Å². The molecule has 1 aromatic carbocycles. The van der Waals surface area contributed by atoms with Crippen molar-refractivity contribution in [1.82, 2.24) is 15.0 Å². The number of nitrogens with one attached hydrogen (secondary N) is 1. The van der Waals surface area contributed by atoms with Crippen LogP contribution < -0.4 is 0 Å². The summed E-state index contributed by atoms with van der Waals surface area (Å²) in [5, 5.41) is 0. The van der Waals surface area contributed by atoms with E-state index in [2.05, 4.69) is 39.2 Å². The smallest absolute Gasteiger partial charge is 0.119 e. The summed E-state index contributed by atoms with van der Waals surface area (Å²) >= 11 is 0. The Morgan fingerprint density at radius 3 is 2.28 bits per heavy atom. The summed E-state index contributed by atoms with van der Waals surface area (Å²) in [7, 11) is 0. The van der Waals surface area contributed by atoms with Crippen LogP contribution in [0.15, 0.2) is 55.0 Å². The summed E-state index contributed by atoms with van der Waals surface area (Å²) in [4.78, 5) is 22.2. The first-order valence-electron chi connectivity index (χ1n) is 8.85. The van der Waals surface area contributed by atoms with Crippen molar-refractivity contribution in [3.63, 3.8) is 0 Å². The number of pyridine rings is 1. The Bertz CT molecular complexity index is 778. The van der Waals surface area contributed by atoms with Crippen LogP contribution in [0.4, 0.5) is 0 Å². The van der Waals surface area contributed by atoms with Gasteiger partial charge in [0.25, 0.3) is 0 Å². The number of carbonyl (C=O) groups is 1. The van der Waals surface area contributed by atoms with Crippen LogP contribution in [0.3, 0.4) is 0 Å². The minimum Gasteiger partial charge on any atom is -0.342 e. The van der Waals surface area contributed by atoms with Crippen molar-refractivity contribution in [3.8, 4) is 22.4 Å². The molecule has 0 amide bonds. The van der Waals surface area contributed by atoms with Crippen molar-refractivity contribution in [1.29, 1.82) is 0 Å². The minimum absolute atomic E-state index is 0.681. The Balaban J connectivity index is 1.56. The van der Waals surface area contributed by atoms with Gasteiger partial charge in [0.15, 0.2) is 0 Å². The van der Waals surface area contributed by atoms with Crippen LogP contribution in [0, 0.1) is 0 Å². The molecule has 0 atom stereocenters. The Hall–Kier alpha value is -2.75. The standard InChI is InChI=1S/C21H23N3O/c25-15-5-3-1-2-4-6-21-23-16-20(24-21)19-9-7-17(8-10-19)18-11-13-22-14-12-18/h7-16H,1-6H2,(H,23,24). The molecule has 2 heterocycles. The third-order valence-corrected chi connectivity index (χ3v) is 4.32. The van der Waals surface area contributed by atoms with Gasteiger partial charge in [0, 0.05) is 25.2 Å². The molecule has 0 aliphatic heterocycles. The molecule has 0 fully saturated rings. The molecule has 1 N–H and O–H groups in total. The molecule has 4 heteroatoms. The summed E-state index contributed by atoms with van der Waals surface area (Å²) in [6.07, 6.45) is 12.5. The number of H-pyrrole nitrogens is 1. The van der Waals surface area contributed by atoms with E-state index in [0.29, 0.717) is 6.42 Å². The number of benzene rings is 1. The molecule has 0 aliphatic carbocycles. The predicted molar refractivity (Wildman–Crippen MR) is 100 cm³/mol. The topological polar surface area (TPSA) is 58.6 Å². The molecular formula is C21H23N3O. The van der Waals surface area contributed by atoms with Crippen LogP contribution in [0.1, 0.15) is 37.9 Å². The summed E-state index contributed by atoms with van der Waals surface area (Å²) < 4.78 is 0. The number of aryl methyl sites for hydroxylation is 1. The third-order valence-electron chi connectivity index (χ3n) is 4.32. The van der Waals surface area contributed by atoms with Crippen molar-refractivity contribution in [2.75, 3.05) is 0 Å². The number of aldehydes is 1. The highest BCUT2D eigenvalue weighted by Crippen LogP contribution is 2.23. The number of nitrogens with zero attached hydrogens (tertiary/aromatic N) is 2. The van der Waals surface area contributed by atoms with Crippen LogP contribution in [0.25, 0.3) is 22.4 Å². The average Bonchev–Trinajstić information content (AvgIpc) is 3.14. The van der Waals surface area contributed by atoms with Crippen LogP contribution in [0.2, 0.25) is 0 Å². The molecule has 2 aromatic heterocycles. The molecule has 3 rings (SSSR count). The molecule has 128 valence electrons. The average molecular weight is 333 g/mol. The highest BCUT2D eigenvalue weighted by Gasteiger charge is 2.04. The van der Waals surface area contributed by atoms with Crippen LogP contribution >= 0.6 is 0 Å². The quantitative estimate of drug-likeness (QED) is 0.451. The lowest BCUT2D eigenvalue weighted by Gasteiger charge is -2.03. The lowest BCUT2D eigenvalue weighted by atomic mass is 10.0. The van der Waals surface area contributed by atoms with Gasteiger partial charge in [-0.25, -0.2) is 4.98 Å². The number of rotatable bonds is 9. The second-order valence-corrected chi connectivity index (χ2v) is 6.18. The first kappa shape index (κ1) is 17.1. The fourth-order valence-corrected chi connectivity index (χ4v) is 2.90. The van der Waals surface area contributed by atoms with E-state index in [1.807, 2.05) is 30.7 Å². The van der Waals surface area contributed by atoms with E-state index in [1.54, 1.807) is 0 Å². The monoisotopic (exact) mass is 333 g/mol. The summed E-state index contributed by atoms with van der Waals surface area (Å²) in [6, 6.07) is 12.5. The lowest BCUT2D eigenvalue weighted by molar-refractivity contribution is -0.107. The van der Waals surface area contributed by atoms with Gasteiger partial charge < -0.3 is 9.78 Å². The Morgan fingerprint density at radius 2 is 1.52 bits per heavy atom. The Morgan fingerprint density at radius 1 is 0.840 bits per heavy atom. The van der Waals surface area contributed by atoms with Crippen LogP contribution in [-0.4, -0.2) is 21.2 Å². The molecule has 0 spiro atoms. The lowest BCUT2D eigenvalue weighted by Crippen LogP contribution is -1.89. The highest BCUT2D eigenvalue weighted by atomic mass is 16.1. The van der Waals surface area contributed by atoms with Crippen molar-refractivity contribution in [2.24, 2.45) is 0 Å². The fraction of sp³-hybridized carbons (Fsp3) is 0.286. The molecule has 25 heavy (non-hydrogen) atoms. The maximum absolute atomic E-state index is 10.3. The zero-order chi connectivity index (χ0) is 17.3. The normalized spacial score (nSPS) is 10.7. The maximum Gasteiger partial charge on any atom is 0.119 e. The van der Waals surface area contributed by atoms with E-state index < -0.39 is 0 Å². The van der Waals surface area contributed by atoms with Crippen LogP contribution in [0.5, 0.6) is 0 Å².